The van der Waals surface area contributed by atoms with Crippen molar-refractivity contribution in [3.63, 3.8) is 0 Å². The second-order valence-electron chi connectivity index (χ2n) is 5.88. The van der Waals surface area contributed by atoms with Gasteiger partial charge in [-0.2, -0.15) is 0 Å². The van der Waals surface area contributed by atoms with E-state index in [9.17, 15) is 4.79 Å². The Balaban J connectivity index is 1.66. The number of hydrogen-bond donors (Lipinski definition) is 1. The van der Waals surface area contributed by atoms with Gasteiger partial charge in [-0.15, -0.1) is 10.2 Å². The molecule has 0 bridgehead atoms. The van der Waals surface area contributed by atoms with Crippen molar-refractivity contribution >= 4 is 40.9 Å². The maximum Gasteiger partial charge on any atom is 0.237 e. The number of amides is 1. The molecule has 2 aromatic rings. The van der Waals surface area contributed by atoms with E-state index in [0.717, 1.165) is 36.4 Å². The normalized spacial score (nSPS) is 15.7. The number of ether oxygens (including phenoxy) is 1. The number of nitrogens with zero attached hydrogens (tertiary/aromatic N) is 4. The molecule has 1 aromatic carbocycles. The minimum Gasteiger partial charge on any atom is -0.378 e. The van der Waals surface area contributed by atoms with Gasteiger partial charge >= 0.3 is 0 Å². The van der Waals surface area contributed by atoms with Crippen LogP contribution in [0.3, 0.4) is 0 Å². The summed E-state index contributed by atoms with van der Waals surface area (Å²) in [5.74, 6) is 0.750. The first-order valence-corrected chi connectivity index (χ1v) is 9.83. The SMILES string of the molecule is CCn1c(S[C@H](C)C(=O)Nc2ccc(Cl)cc2)nnc1N1CCOCC1. The van der Waals surface area contributed by atoms with E-state index in [2.05, 4.69) is 27.3 Å². The number of carbonyl (C=O) groups is 1. The molecule has 0 unspecified atom stereocenters. The zero-order valence-corrected chi connectivity index (χ0v) is 16.4. The van der Waals surface area contributed by atoms with E-state index >= 15 is 0 Å². The van der Waals surface area contributed by atoms with Crippen molar-refractivity contribution in [3.05, 3.63) is 29.3 Å². The van der Waals surface area contributed by atoms with Gasteiger partial charge in [-0.3, -0.25) is 9.36 Å². The summed E-state index contributed by atoms with van der Waals surface area (Å²) in [6, 6.07) is 7.06. The molecule has 3 rings (SSSR count). The van der Waals surface area contributed by atoms with Crippen LogP contribution >= 0.6 is 23.4 Å². The Morgan fingerprint density at radius 2 is 2.00 bits per heavy atom. The fourth-order valence-electron chi connectivity index (χ4n) is 2.63. The van der Waals surface area contributed by atoms with E-state index in [4.69, 9.17) is 16.3 Å². The van der Waals surface area contributed by atoms with Crippen LogP contribution < -0.4 is 10.2 Å². The molecule has 2 heterocycles. The van der Waals surface area contributed by atoms with Crippen molar-refractivity contribution in [2.24, 2.45) is 0 Å². The number of morpholine rings is 1. The lowest BCUT2D eigenvalue weighted by atomic mass is 10.3. The van der Waals surface area contributed by atoms with Gasteiger partial charge in [0.1, 0.15) is 0 Å². The van der Waals surface area contributed by atoms with Gasteiger partial charge in [0.05, 0.1) is 18.5 Å². The standard InChI is InChI=1S/C17H22ClN5O2S/c1-3-23-16(22-8-10-25-11-9-22)20-21-17(23)26-12(2)15(24)19-14-6-4-13(18)5-7-14/h4-7,12H,3,8-11H2,1-2H3,(H,19,24)/t12-/m1/s1. The Hall–Kier alpha value is -1.77. The van der Waals surface area contributed by atoms with Crippen LogP contribution in [0, 0.1) is 0 Å². The van der Waals surface area contributed by atoms with Gasteiger partial charge in [0.2, 0.25) is 11.9 Å². The second-order valence-corrected chi connectivity index (χ2v) is 7.63. The van der Waals surface area contributed by atoms with Gasteiger partial charge in [-0.05, 0) is 38.1 Å². The molecule has 26 heavy (non-hydrogen) atoms. The molecular weight excluding hydrogens is 374 g/mol. The fraction of sp³-hybridized carbons (Fsp3) is 0.471. The number of anilines is 2. The van der Waals surface area contributed by atoms with Crippen LogP contribution in [0.15, 0.2) is 29.4 Å². The summed E-state index contributed by atoms with van der Waals surface area (Å²) in [7, 11) is 0. The van der Waals surface area contributed by atoms with Crippen LogP contribution in [-0.2, 0) is 16.1 Å². The van der Waals surface area contributed by atoms with Gasteiger partial charge in [0, 0.05) is 30.3 Å². The van der Waals surface area contributed by atoms with Gasteiger partial charge < -0.3 is 15.0 Å². The summed E-state index contributed by atoms with van der Waals surface area (Å²) in [4.78, 5) is 14.6. The predicted molar refractivity (Wildman–Crippen MR) is 104 cm³/mol. The first kappa shape index (κ1) is 19.0. The lowest BCUT2D eigenvalue weighted by Gasteiger charge is -2.27. The molecule has 1 aliphatic rings. The minimum absolute atomic E-state index is 0.0871. The molecule has 1 fully saturated rings. The van der Waals surface area contributed by atoms with Crippen molar-refractivity contribution in [1.29, 1.82) is 0 Å². The van der Waals surface area contributed by atoms with Gasteiger partial charge in [0.25, 0.3) is 0 Å². The highest BCUT2D eigenvalue weighted by Gasteiger charge is 2.23. The second kappa shape index (κ2) is 8.75. The molecule has 1 aromatic heterocycles. The number of hydrogen-bond acceptors (Lipinski definition) is 6. The summed E-state index contributed by atoms with van der Waals surface area (Å²) in [6.07, 6.45) is 0. The third kappa shape index (κ3) is 4.49. The third-order valence-corrected chi connectivity index (χ3v) is 5.40. The van der Waals surface area contributed by atoms with Crippen LogP contribution in [0.5, 0.6) is 0 Å². The van der Waals surface area contributed by atoms with E-state index in [1.54, 1.807) is 24.3 Å². The monoisotopic (exact) mass is 395 g/mol. The lowest BCUT2D eigenvalue weighted by Crippen LogP contribution is -2.38. The summed E-state index contributed by atoms with van der Waals surface area (Å²) >= 11 is 7.27. The van der Waals surface area contributed by atoms with Crippen molar-refractivity contribution < 1.29 is 9.53 Å². The van der Waals surface area contributed by atoms with Gasteiger partial charge in [-0.25, -0.2) is 0 Å². The highest BCUT2D eigenvalue weighted by atomic mass is 35.5. The van der Waals surface area contributed by atoms with E-state index < -0.39 is 0 Å². The molecule has 140 valence electrons. The number of halogens is 1. The van der Waals surface area contributed by atoms with Crippen LogP contribution in [0.1, 0.15) is 13.8 Å². The summed E-state index contributed by atoms with van der Waals surface area (Å²) < 4.78 is 7.44. The molecule has 0 saturated carbocycles. The molecular formula is C17H22ClN5O2S. The summed E-state index contributed by atoms with van der Waals surface area (Å²) in [5.41, 5.74) is 0.720. The Bertz CT molecular complexity index is 746. The Morgan fingerprint density at radius 1 is 1.31 bits per heavy atom. The summed E-state index contributed by atoms with van der Waals surface area (Å²) in [5, 5.41) is 12.6. The van der Waals surface area contributed by atoms with Gasteiger partial charge in [0.15, 0.2) is 5.16 Å². The average molecular weight is 396 g/mol. The highest BCUT2D eigenvalue weighted by molar-refractivity contribution is 8.00. The van der Waals surface area contributed by atoms with Crippen molar-refractivity contribution in [1.82, 2.24) is 14.8 Å². The third-order valence-electron chi connectivity index (χ3n) is 4.07. The molecule has 1 saturated heterocycles. The van der Waals surface area contributed by atoms with Crippen molar-refractivity contribution in [2.75, 3.05) is 36.5 Å². The van der Waals surface area contributed by atoms with E-state index in [1.165, 1.54) is 11.8 Å². The molecule has 1 atom stereocenters. The maximum absolute atomic E-state index is 12.5. The van der Waals surface area contributed by atoms with E-state index in [-0.39, 0.29) is 11.2 Å². The Kier molecular flexibility index (Phi) is 6.39. The van der Waals surface area contributed by atoms with Crippen molar-refractivity contribution in [3.8, 4) is 0 Å². The fourth-order valence-corrected chi connectivity index (χ4v) is 3.67. The number of aromatic nitrogens is 3. The van der Waals surface area contributed by atoms with Crippen LogP contribution in [-0.4, -0.2) is 52.2 Å². The Labute approximate surface area is 162 Å². The predicted octanol–water partition coefficient (Wildman–Crippen LogP) is 2.91. The Morgan fingerprint density at radius 3 is 2.65 bits per heavy atom. The summed E-state index contributed by atoms with van der Waals surface area (Å²) in [6.45, 7) is 7.64. The quantitative estimate of drug-likeness (QED) is 0.758. The number of carbonyl (C=O) groups excluding carboxylic acids is 1. The maximum atomic E-state index is 12.5. The highest BCUT2D eigenvalue weighted by Crippen LogP contribution is 2.27. The van der Waals surface area contributed by atoms with Crippen LogP contribution in [0.25, 0.3) is 0 Å². The largest absolute Gasteiger partial charge is 0.378 e. The smallest absolute Gasteiger partial charge is 0.237 e. The minimum atomic E-state index is -0.308. The molecule has 0 radical (unpaired) electrons. The van der Waals surface area contributed by atoms with E-state index in [0.29, 0.717) is 18.2 Å². The molecule has 1 aliphatic heterocycles. The van der Waals surface area contributed by atoms with Crippen LogP contribution in [0.2, 0.25) is 5.02 Å². The molecule has 9 heteroatoms. The first-order chi connectivity index (χ1) is 12.6. The topological polar surface area (TPSA) is 72.3 Å². The number of nitrogens with one attached hydrogen (secondary N) is 1. The van der Waals surface area contributed by atoms with Crippen LogP contribution in [0.4, 0.5) is 11.6 Å². The first-order valence-electron chi connectivity index (χ1n) is 8.57. The zero-order chi connectivity index (χ0) is 18.5. The number of rotatable bonds is 6. The molecule has 7 nitrogen and oxygen atoms in total. The molecule has 0 spiro atoms. The number of thioether (sulfide) groups is 1. The zero-order valence-electron chi connectivity index (χ0n) is 14.8. The van der Waals surface area contributed by atoms with Gasteiger partial charge in [-0.1, -0.05) is 23.4 Å². The molecule has 1 amide bonds. The lowest BCUT2D eigenvalue weighted by molar-refractivity contribution is -0.115. The molecule has 1 N–H and O–H groups in total. The average Bonchev–Trinajstić information content (AvgIpc) is 3.06. The number of benzene rings is 1. The van der Waals surface area contributed by atoms with Crippen molar-refractivity contribution in [2.45, 2.75) is 30.8 Å². The van der Waals surface area contributed by atoms with E-state index in [1.807, 2.05) is 11.5 Å². The molecule has 0 aliphatic carbocycles.